The summed E-state index contributed by atoms with van der Waals surface area (Å²) < 4.78 is 34.3. The molecule has 2 aromatic carbocycles. The van der Waals surface area contributed by atoms with Gasteiger partial charge in [-0.05, 0) is 34.9 Å². The summed E-state index contributed by atoms with van der Waals surface area (Å²) in [5, 5.41) is 0. The molecule has 3 rings (SSSR count). The summed E-state index contributed by atoms with van der Waals surface area (Å²) in [7, 11) is 3.24. The molecule has 0 spiro atoms. The number of alkyl halides is 2. The van der Waals surface area contributed by atoms with E-state index in [1.54, 1.807) is 26.3 Å². The van der Waals surface area contributed by atoms with Gasteiger partial charge in [-0.25, -0.2) is 4.99 Å². The zero-order valence-corrected chi connectivity index (χ0v) is 15.5. The van der Waals surface area contributed by atoms with E-state index >= 15 is 0 Å². The van der Waals surface area contributed by atoms with Crippen molar-refractivity contribution in [1.29, 1.82) is 0 Å². The van der Waals surface area contributed by atoms with E-state index in [2.05, 4.69) is 9.73 Å². The van der Waals surface area contributed by atoms with Crippen LogP contribution in [0.2, 0.25) is 0 Å². The fourth-order valence-corrected chi connectivity index (χ4v) is 3.12. The first-order valence-corrected chi connectivity index (χ1v) is 8.61. The van der Waals surface area contributed by atoms with Gasteiger partial charge < -0.3 is 14.4 Å². The Bertz CT molecular complexity index is 897. The number of nitrogens with zero attached hydrogens (tertiary/aromatic N) is 2. The summed E-state index contributed by atoms with van der Waals surface area (Å²) in [6.07, 6.45) is 5.24. The standard InChI is InChI=1S/C21H20F2N2O3/c1-25-14-24-21(19(25)26,16-8-10-18(11-9-16)28-20(22)23)17-7-3-5-15(13-17)6-4-12-27-2/h3-11,13-14,20H,12H2,1-2H3. The van der Waals surface area contributed by atoms with Gasteiger partial charge >= 0.3 is 6.61 Å². The van der Waals surface area contributed by atoms with E-state index in [0.29, 0.717) is 17.7 Å². The van der Waals surface area contributed by atoms with Crippen LogP contribution in [0.1, 0.15) is 16.7 Å². The number of ether oxygens (including phenoxy) is 2. The number of halogens is 2. The number of rotatable bonds is 7. The Morgan fingerprint density at radius 2 is 1.93 bits per heavy atom. The van der Waals surface area contributed by atoms with Gasteiger partial charge in [0.1, 0.15) is 5.75 Å². The molecule has 1 aliphatic rings. The molecular formula is C21H20F2N2O3. The molecular weight excluding hydrogens is 366 g/mol. The van der Waals surface area contributed by atoms with Crippen LogP contribution in [0, 0.1) is 0 Å². The van der Waals surface area contributed by atoms with E-state index in [4.69, 9.17) is 4.74 Å². The van der Waals surface area contributed by atoms with E-state index in [9.17, 15) is 13.6 Å². The van der Waals surface area contributed by atoms with Crippen molar-refractivity contribution in [2.45, 2.75) is 12.2 Å². The van der Waals surface area contributed by atoms with Gasteiger partial charge in [0.25, 0.3) is 5.91 Å². The Hall–Kier alpha value is -3.06. The molecule has 0 saturated carbocycles. The largest absolute Gasteiger partial charge is 0.435 e. The molecule has 146 valence electrons. The molecule has 0 aliphatic carbocycles. The molecule has 2 aromatic rings. The summed E-state index contributed by atoms with van der Waals surface area (Å²) in [4.78, 5) is 19.0. The van der Waals surface area contributed by atoms with Crippen molar-refractivity contribution in [3.63, 3.8) is 0 Å². The summed E-state index contributed by atoms with van der Waals surface area (Å²) >= 11 is 0. The molecule has 0 aromatic heterocycles. The van der Waals surface area contributed by atoms with E-state index in [-0.39, 0.29) is 11.7 Å². The van der Waals surface area contributed by atoms with Gasteiger partial charge in [-0.1, -0.05) is 42.5 Å². The molecule has 0 fully saturated rings. The first kappa shape index (κ1) is 19.7. The summed E-state index contributed by atoms with van der Waals surface area (Å²) in [6, 6.07) is 13.4. The highest BCUT2D eigenvalue weighted by atomic mass is 19.3. The third-order valence-electron chi connectivity index (χ3n) is 4.43. The number of hydrogen-bond acceptors (Lipinski definition) is 4. The lowest BCUT2D eigenvalue weighted by molar-refractivity contribution is -0.129. The smallest absolute Gasteiger partial charge is 0.387 e. The zero-order valence-electron chi connectivity index (χ0n) is 15.5. The minimum absolute atomic E-state index is 0.0212. The number of likely N-dealkylation sites (N-methyl/N-ethyl adjacent to an activating group) is 1. The number of benzene rings is 2. The predicted molar refractivity (Wildman–Crippen MR) is 102 cm³/mol. The second-order valence-corrected chi connectivity index (χ2v) is 6.26. The minimum atomic E-state index is -2.91. The van der Waals surface area contributed by atoms with Crippen molar-refractivity contribution in [3.05, 3.63) is 71.3 Å². The van der Waals surface area contributed by atoms with Crippen molar-refractivity contribution < 1.29 is 23.0 Å². The molecule has 1 atom stereocenters. The van der Waals surface area contributed by atoms with Crippen LogP contribution in [0.4, 0.5) is 8.78 Å². The highest BCUT2D eigenvalue weighted by Crippen LogP contribution is 2.39. The number of carbonyl (C=O) groups excluding carboxylic acids is 1. The van der Waals surface area contributed by atoms with Crippen LogP contribution in [0.5, 0.6) is 5.75 Å². The first-order chi connectivity index (χ1) is 13.5. The van der Waals surface area contributed by atoms with Gasteiger partial charge in [0.05, 0.1) is 12.9 Å². The quantitative estimate of drug-likeness (QED) is 0.729. The number of hydrogen-bond donors (Lipinski definition) is 0. The molecule has 1 amide bonds. The lowest BCUT2D eigenvalue weighted by atomic mass is 9.82. The molecule has 0 N–H and O–H groups in total. The van der Waals surface area contributed by atoms with Crippen LogP contribution in [-0.2, 0) is 15.1 Å². The maximum atomic E-state index is 13.1. The van der Waals surface area contributed by atoms with E-state index in [1.807, 2.05) is 36.4 Å². The molecule has 1 unspecified atom stereocenters. The van der Waals surface area contributed by atoms with Crippen molar-refractivity contribution in [3.8, 4) is 5.75 Å². The summed E-state index contributed by atoms with van der Waals surface area (Å²) in [6.45, 7) is -2.44. The number of aliphatic imine (C=N–C) groups is 1. The highest BCUT2D eigenvalue weighted by Gasteiger charge is 2.46. The molecule has 0 saturated heterocycles. The number of carbonyl (C=O) groups is 1. The Morgan fingerprint density at radius 1 is 1.18 bits per heavy atom. The summed E-state index contributed by atoms with van der Waals surface area (Å²) in [5.74, 6) is -0.207. The normalized spacial score (nSPS) is 19.2. The van der Waals surface area contributed by atoms with Gasteiger partial charge in [-0.3, -0.25) is 4.79 Å². The van der Waals surface area contributed by atoms with Gasteiger partial charge in [-0.15, -0.1) is 0 Å². The van der Waals surface area contributed by atoms with Crippen molar-refractivity contribution in [2.24, 2.45) is 4.99 Å². The Kier molecular flexibility index (Phi) is 5.84. The average Bonchev–Trinajstić information content (AvgIpc) is 2.98. The van der Waals surface area contributed by atoms with Crippen LogP contribution >= 0.6 is 0 Å². The molecule has 1 aliphatic heterocycles. The van der Waals surface area contributed by atoms with E-state index in [1.165, 1.54) is 23.4 Å². The minimum Gasteiger partial charge on any atom is -0.435 e. The second kappa shape index (κ2) is 8.31. The van der Waals surface area contributed by atoms with Gasteiger partial charge in [-0.2, -0.15) is 8.78 Å². The van der Waals surface area contributed by atoms with E-state index < -0.39 is 12.2 Å². The van der Waals surface area contributed by atoms with Gasteiger partial charge in [0.15, 0.2) is 5.54 Å². The summed E-state index contributed by atoms with van der Waals surface area (Å²) in [5.41, 5.74) is 0.866. The lowest BCUT2D eigenvalue weighted by Gasteiger charge is -2.27. The van der Waals surface area contributed by atoms with Crippen LogP contribution in [0.3, 0.4) is 0 Å². The molecule has 1 heterocycles. The molecule has 0 radical (unpaired) electrons. The highest BCUT2D eigenvalue weighted by molar-refractivity contribution is 6.03. The van der Waals surface area contributed by atoms with Crippen molar-refractivity contribution in [2.75, 3.05) is 20.8 Å². The fraction of sp³-hybridized carbons (Fsp3) is 0.238. The third kappa shape index (κ3) is 3.80. The van der Waals surface area contributed by atoms with Crippen LogP contribution in [0.15, 0.2) is 59.6 Å². The third-order valence-corrected chi connectivity index (χ3v) is 4.43. The van der Waals surface area contributed by atoms with E-state index in [0.717, 1.165) is 5.56 Å². The Labute approximate surface area is 161 Å². The van der Waals surface area contributed by atoms with Gasteiger partial charge in [0, 0.05) is 14.2 Å². The van der Waals surface area contributed by atoms with Crippen LogP contribution in [0.25, 0.3) is 6.08 Å². The maximum Gasteiger partial charge on any atom is 0.387 e. The molecule has 7 heteroatoms. The number of methoxy groups -OCH3 is 1. The molecule has 28 heavy (non-hydrogen) atoms. The Balaban J connectivity index is 2.04. The van der Waals surface area contributed by atoms with Crippen LogP contribution < -0.4 is 4.74 Å². The topological polar surface area (TPSA) is 51.1 Å². The predicted octanol–water partition coefficient (Wildman–Crippen LogP) is 3.69. The first-order valence-electron chi connectivity index (χ1n) is 8.61. The lowest BCUT2D eigenvalue weighted by Crippen LogP contribution is -2.38. The maximum absolute atomic E-state index is 13.1. The van der Waals surface area contributed by atoms with Gasteiger partial charge in [0.2, 0.25) is 0 Å². The van der Waals surface area contributed by atoms with Crippen molar-refractivity contribution in [1.82, 2.24) is 4.90 Å². The van der Waals surface area contributed by atoms with Crippen molar-refractivity contribution >= 4 is 18.3 Å². The average molecular weight is 386 g/mol. The molecule has 5 nitrogen and oxygen atoms in total. The Morgan fingerprint density at radius 3 is 2.54 bits per heavy atom. The fourth-order valence-electron chi connectivity index (χ4n) is 3.12. The SMILES string of the molecule is COCC=Cc1cccc(C2(c3ccc(OC(F)F)cc3)N=CN(C)C2=O)c1. The monoisotopic (exact) mass is 386 g/mol. The molecule has 0 bridgehead atoms. The second-order valence-electron chi connectivity index (χ2n) is 6.26. The zero-order chi connectivity index (χ0) is 20.1. The number of amides is 1. The van der Waals surface area contributed by atoms with Crippen LogP contribution in [-0.4, -0.2) is 44.5 Å².